The maximum atomic E-state index is 7.56. The van der Waals surface area contributed by atoms with Crippen LogP contribution in [-0.2, 0) is 26.3 Å². The zero-order valence-electron chi connectivity index (χ0n) is 19.2. The maximum absolute atomic E-state index is 7.56. The van der Waals surface area contributed by atoms with Crippen LogP contribution in [0.4, 0.5) is 0 Å². The zero-order valence-corrected chi connectivity index (χ0v) is 19.2. The van der Waals surface area contributed by atoms with Crippen LogP contribution in [0.1, 0.15) is 42.5 Å². The average molecular weight is 420 g/mol. The minimum atomic E-state index is -0.428. The lowest BCUT2D eigenvalue weighted by atomic mass is 9.82. The fraction of sp³-hybridized carbons (Fsp3) is 0.310. The molecule has 0 bridgehead atoms. The zero-order chi connectivity index (χ0) is 22.2. The van der Waals surface area contributed by atoms with E-state index in [4.69, 9.17) is 11.3 Å². The lowest BCUT2D eigenvalue weighted by Gasteiger charge is -2.28. The van der Waals surface area contributed by atoms with Gasteiger partial charge in [0.05, 0.1) is 17.4 Å². The second-order valence-corrected chi connectivity index (χ2v) is 10.0. The second kappa shape index (κ2) is 6.56. The van der Waals surface area contributed by atoms with E-state index in [0.717, 1.165) is 36.3 Å². The third kappa shape index (κ3) is 2.62. The Balaban J connectivity index is 1.70. The van der Waals surface area contributed by atoms with Gasteiger partial charge in [-0.3, -0.25) is 0 Å². The number of aryl methyl sites for hydroxylation is 4. The van der Waals surface area contributed by atoms with Crippen molar-refractivity contribution in [2.24, 2.45) is 7.05 Å². The van der Waals surface area contributed by atoms with Gasteiger partial charge >= 0.3 is 0 Å². The van der Waals surface area contributed by atoms with Crippen molar-refractivity contribution in [1.29, 1.82) is 0 Å². The Labute approximate surface area is 189 Å². The van der Waals surface area contributed by atoms with Gasteiger partial charge in [0, 0.05) is 25.5 Å². The van der Waals surface area contributed by atoms with Gasteiger partial charge in [-0.25, -0.2) is 11.1 Å². The number of pyridine rings is 1. The molecule has 0 saturated heterocycles. The van der Waals surface area contributed by atoms with Crippen LogP contribution >= 0.6 is 0 Å². The Morgan fingerprint density at radius 3 is 2.78 bits per heavy atom. The van der Waals surface area contributed by atoms with Gasteiger partial charge in [0.2, 0.25) is 11.2 Å². The molecule has 1 aliphatic carbocycles. The molecule has 32 heavy (non-hydrogen) atoms. The first-order chi connectivity index (χ1) is 15.4. The molecule has 0 radical (unpaired) electrons. The molecule has 0 fully saturated rings. The smallest absolute Gasteiger partial charge is 0.231 e. The summed E-state index contributed by atoms with van der Waals surface area (Å²) in [5, 5.41) is 5.11. The Bertz CT molecular complexity index is 1500. The van der Waals surface area contributed by atoms with E-state index in [2.05, 4.69) is 66.0 Å². The molecular weight excluding hydrogens is 392 g/mol. The molecule has 2 aliphatic rings. The van der Waals surface area contributed by atoms with Crippen LogP contribution in [0.25, 0.3) is 37.6 Å². The van der Waals surface area contributed by atoms with Crippen molar-refractivity contribution in [3.8, 4) is 22.8 Å². The van der Waals surface area contributed by atoms with E-state index in [0.29, 0.717) is 6.42 Å². The largest absolute Gasteiger partial charge is 0.455 e. The van der Waals surface area contributed by atoms with E-state index in [-0.39, 0.29) is 0 Å². The van der Waals surface area contributed by atoms with Crippen LogP contribution in [0.5, 0.6) is 11.5 Å². The summed E-state index contributed by atoms with van der Waals surface area (Å²) < 4.78 is 9.05. The molecule has 3 nitrogen and oxygen atoms in total. The molecule has 0 saturated carbocycles. The van der Waals surface area contributed by atoms with Crippen molar-refractivity contribution in [3.63, 3.8) is 0 Å². The lowest BCUT2D eigenvalue weighted by molar-refractivity contribution is -0.659. The average Bonchev–Trinajstić information content (AvgIpc) is 2.78. The first-order valence-electron chi connectivity index (χ1n) is 11.5. The van der Waals surface area contributed by atoms with E-state index in [1.165, 1.54) is 49.5 Å². The van der Waals surface area contributed by atoms with Crippen LogP contribution in [0.3, 0.4) is 0 Å². The van der Waals surface area contributed by atoms with Gasteiger partial charge in [-0.2, -0.15) is 0 Å². The Hall–Kier alpha value is -3.38. The highest BCUT2D eigenvalue weighted by Crippen LogP contribution is 2.52. The standard InChI is InChI=1S/C29H27N2O/c1-17-21-10-6-8-19-9-7-11-22(25(19)21)28-24(17)27-26-20(12-13-31(27)5)14-18(15-23(26)32-28)16-29(2,3)30-4/h6,8,10,12-15H,7,9,11,16H2,1-3,5H3/q+1. The van der Waals surface area contributed by atoms with Crippen molar-refractivity contribution >= 4 is 21.5 Å². The maximum Gasteiger partial charge on any atom is 0.231 e. The number of fused-ring (bicyclic) bond motifs is 3. The van der Waals surface area contributed by atoms with Gasteiger partial charge in [0.1, 0.15) is 18.5 Å². The lowest BCUT2D eigenvalue weighted by Crippen LogP contribution is -2.32. The first-order valence-corrected chi connectivity index (χ1v) is 11.5. The quantitative estimate of drug-likeness (QED) is 0.232. The summed E-state index contributed by atoms with van der Waals surface area (Å²) in [5.41, 5.74) is 7.31. The van der Waals surface area contributed by atoms with Crippen LogP contribution in [0.2, 0.25) is 0 Å². The molecule has 3 heteroatoms. The molecule has 0 atom stereocenters. The number of ether oxygens (including phenoxy) is 1. The predicted molar refractivity (Wildman–Crippen MR) is 129 cm³/mol. The minimum absolute atomic E-state index is 0.428. The molecule has 3 aromatic carbocycles. The third-order valence-electron chi connectivity index (χ3n) is 7.25. The van der Waals surface area contributed by atoms with Gasteiger partial charge in [-0.05, 0) is 65.1 Å². The highest BCUT2D eigenvalue weighted by Gasteiger charge is 2.34. The van der Waals surface area contributed by atoms with Gasteiger partial charge in [0.25, 0.3) is 0 Å². The Morgan fingerprint density at radius 1 is 1.12 bits per heavy atom. The van der Waals surface area contributed by atoms with Crippen LogP contribution < -0.4 is 9.30 Å². The summed E-state index contributed by atoms with van der Waals surface area (Å²) in [5.74, 6) is 1.97. The molecular formula is C29H27N2O+. The summed E-state index contributed by atoms with van der Waals surface area (Å²) >= 11 is 0. The van der Waals surface area contributed by atoms with Crippen LogP contribution in [-0.4, -0.2) is 5.54 Å². The molecule has 158 valence electrons. The number of rotatable bonds is 2. The van der Waals surface area contributed by atoms with E-state index in [9.17, 15) is 0 Å². The summed E-state index contributed by atoms with van der Waals surface area (Å²) in [6, 6.07) is 13.3. The van der Waals surface area contributed by atoms with E-state index in [1.54, 1.807) is 0 Å². The summed E-state index contributed by atoms with van der Waals surface area (Å²) in [4.78, 5) is 3.83. The molecule has 6 rings (SSSR count). The van der Waals surface area contributed by atoms with Gasteiger partial charge in [-0.15, -0.1) is 0 Å². The predicted octanol–water partition coefficient (Wildman–Crippen LogP) is 6.63. The molecule has 2 heterocycles. The fourth-order valence-electron chi connectivity index (χ4n) is 5.80. The number of hydrogen-bond donors (Lipinski definition) is 0. The highest BCUT2D eigenvalue weighted by molar-refractivity contribution is 6.07. The summed E-state index contributed by atoms with van der Waals surface area (Å²) in [6.07, 6.45) is 6.22. The first kappa shape index (κ1) is 19.3. The number of nitrogens with zero attached hydrogens (tertiary/aromatic N) is 2. The number of benzene rings is 3. The van der Waals surface area contributed by atoms with E-state index < -0.39 is 5.54 Å². The summed E-state index contributed by atoms with van der Waals surface area (Å²) in [6.45, 7) is 13.8. The molecule has 1 aliphatic heterocycles. The SMILES string of the molecule is [C-]#[N+]C(C)(C)Cc1cc2c3c([n+](C)ccc3c1)-c1c(c3c4c(cccc4c1C)CCC3)O2. The van der Waals surface area contributed by atoms with Crippen LogP contribution in [0, 0.1) is 13.5 Å². The molecule has 0 N–H and O–H groups in total. The molecule has 0 unspecified atom stereocenters. The van der Waals surface area contributed by atoms with Crippen molar-refractivity contribution in [2.75, 3.05) is 0 Å². The Kier molecular flexibility index (Phi) is 3.96. The fourth-order valence-corrected chi connectivity index (χ4v) is 5.80. The molecule has 1 aromatic heterocycles. The molecule has 0 spiro atoms. The van der Waals surface area contributed by atoms with E-state index in [1.807, 2.05) is 13.8 Å². The van der Waals surface area contributed by atoms with Gasteiger partial charge in [-0.1, -0.05) is 24.3 Å². The van der Waals surface area contributed by atoms with Crippen molar-refractivity contribution in [3.05, 3.63) is 76.3 Å². The van der Waals surface area contributed by atoms with Gasteiger partial charge in [0.15, 0.2) is 6.20 Å². The van der Waals surface area contributed by atoms with Crippen molar-refractivity contribution in [1.82, 2.24) is 0 Å². The monoisotopic (exact) mass is 419 g/mol. The number of aromatic nitrogens is 1. The van der Waals surface area contributed by atoms with Crippen LogP contribution in [0.15, 0.2) is 42.6 Å². The Morgan fingerprint density at radius 2 is 1.97 bits per heavy atom. The topological polar surface area (TPSA) is 17.5 Å². The number of hydrogen-bond acceptors (Lipinski definition) is 1. The van der Waals surface area contributed by atoms with Crippen molar-refractivity contribution < 1.29 is 9.30 Å². The second-order valence-electron chi connectivity index (χ2n) is 10.0. The normalized spacial score (nSPS) is 14.2. The third-order valence-corrected chi connectivity index (χ3v) is 7.25. The minimum Gasteiger partial charge on any atom is -0.455 e. The van der Waals surface area contributed by atoms with E-state index >= 15 is 0 Å². The van der Waals surface area contributed by atoms with Crippen molar-refractivity contribution in [2.45, 2.75) is 52.0 Å². The molecule has 0 amide bonds. The molecule has 4 aromatic rings. The van der Waals surface area contributed by atoms with Gasteiger partial charge < -0.3 is 9.58 Å². The summed E-state index contributed by atoms with van der Waals surface area (Å²) in [7, 11) is 2.13. The highest BCUT2D eigenvalue weighted by atomic mass is 16.5.